The van der Waals surface area contributed by atoms with Gasteiger partial charge < -0.3 is 5.32 Å². The number of alkyl halides is 1. The topological polar surface area (TPSA) is 12.0 Å². The molecule has 0 heterocycles. The van der Waals surface area contributed by atoms with Crippen LogP contribution in [0.3, 0.4) is 0 Å². The SMILES string of the molecule is CC(C)Nc1cccc(CCl)c1. The Morgan fingerprint density at radius 2 is 2.17 bits per heavy atom. The Kier molecular flexibility index (Phi) is 3.42. The standard InChI is InChI=1S/C10H14ClN/c1-8(2)12-10-5-3-4-9(6-10)7-11/h3-6,8,12H,7H2,1-2H3. The highest BCUT2D eigenvalue weighted by Crippen LogP contribution is 2.12. The zero-order chi connectivity index (χ0) is 8.97. The molecule has 0 aliphatic heterocycles. The third-order valence-corrected chi connectivity index (χ3v) is 1.85. The summed E-state index contributed by atoms with van der Waals surface area (Å²) in [6.45, 7) is 4.24. The quantitative estimate of drug-likeness (QED) is 0.710. The van der Waals surface area contributed by atoms with Gasteiger partial charge in [0.05, 0.1) is 0 Å². The van der Waals surface area contributed by atoms with Gasteiger partial charge in [0.2, 0.25) is 0 Å². The highest BCUT2D eigenvalue weighted by molar-refractivity contribution is 6.17. The van der Waals surface area contributed by atoms with E-state index in [1.165, 1.54) is 0 Å². The van der Waals surface area contributed by atoms with Crippen LogP contribution in [0, 0.1) is 0 Å². The largest absolute Gasteiger partial charge is 0.383 e. The lowest BCUT2D eigenvalue weighted by atomic mass is 10.2. The fraction of sp³-hybridized carbons (Fsp3) is 0.400. The molecule has 12 heavy (non-hydrogen) atoms. The van der Waals surface area contributed by atoms with Crippen molar-refractivity contribution in [1.82, 2.24) is 0 Å². The first kappa shape index (κ1) is 9.40. The van der Waals surface area contributed by atoms with Crippen LogP contribution in [-0.2, 0) is 5.88 Å². The summed E-state index contributed by atoms with van der Waals surface area (Å²) in [7, 11) is 0. The minimum atomic E-state index is 0.468. The van der Waals surface area contributed by atoms with Gasteiger partial charge >= 0.3 is 0 Å². The van der Waals surface area contributed by atoms with Gasteiger partial charge in [-0.15, -0.1) is 11.6 Å². The lowest BCUT2D eigenvalue weighted by Gasteiger charge is -2.10. The van der Waals surface area contributed by atoms with E-state index in [2.05, 4.69) is 31.3 Å². The highest BCUT2D eigenvalue weighted by Gasteiger charge is 1.95. The first-order valence-corrected chi connectivity index (χ1v) is 4.67. The van der Waals surface area contributed by atoms with Crippen LogP contribution in [0.5, 0.6) is 0 Å². The Bertz CT molecular complexity index is 245. The van der Waals surface area contributed by atoms with Crippen molar-refractivity contribution in [2.24, 2.45) is 0 Å². The molecular weight excluding hydrogens is 170 g/mol. The van der Waals surface area contributed by atoms with Crippen LogP contribution in [0.15, 0.2) is 24.3 Å². The first-order valence-electron chi connectivity index (χ1n) is 4.14. The van der Waals surface area contributed by atoms with Gasteiger partial charge in [-0.2, -0.15) is 0 Å². The predicted molar refractivity (Wildman–Crippen MR) is 54.8 cm³/mol. The smallest absolute Gasteiger partial charge is 0.0474 e. The maximum Gasteiger partial charge on any atom is 0.0474 e. The molecule has 1 N–H and O–H groups in total. The zero-order valence-electron chi connectivity index (χ0n) is 7.47. The van der Waals surface area contributed by atoms with E-state index in [0.29, 0.717) is 11.9 Å². The lowest BCUT2D eigenvalue weighted by Crippen LogP contribution is -2.09. The predicted octanol–water partition coefficient (Wildman–Crippen LogP) is 3.25. The van der Waals surface area contributed by atoms with Crippen molar-refractivity contribution in [1.29, 1.82) is 0 Å². The van der Waals surface area contributed by atoms with Crippen molar-refractivity contribution < 1.29 is 0 Å². The normalized spacial score (nSPS) is 10.3. The van der Waals surface area contributed by atoms with Crippen molar-refractivity contribution in [3.63, 3.8) is 0 Å². The molecule has 0 unspecified atom stereocenters. The minimum absolute atomic E-state index is 0.468. The van der Waals surface area contributed by atoms with Gasteiger partial charge in [-0.1, -0.05) is 12.1 Å². The summed E-state index contributed by atoms with van der Waals surface area (Å²) in [5.41, 5.74) is 2.30. The summed E-state index contributed by atoms with van der Waals surface area (Å²) in [6.07, 6.45) is 0. The number of rotatable bonds is 3. The van der Waals surface area contributed by atoms with Crippen LogP contribution in [0.2, 0.25) is 0 Å². The Morgan fingerprint density at radius 3 is 2.75 bits per heavy atom. The number of hydrogen-bond acceptors (Lipinski definition) is 1. The van der Waals surface area contributed by atoms with Crippen molar-refractivity contribution in [2.45, 2.75) is 25.8 Å². The van der Waals surface area contributed by atoms with Crippen LogP contribution >= 0.6 is 11.6 Å². The molecule has 0 amide bonds. The van der Waals surface area contributed by atoms with Gasteiger partial charge in [0, 0.05) is 17.6 Å². The molecule has 0 saturated heterocycles. The molecule has 1 rings (SSSR count). The second-order valence-corrected chi connectivity index (χ2v) is 3.40. The molecule has 0 fully saturated rings. The molecule has 0 radical (unpaired) electrons. The van der Waals surface area contributed by atoms with E-state index in [4.69, 9.17) is 11.6 Å². The van der Waals surface area contributed by atoms with Gasteiger partial charge in [-0.25, -0.2) is 0 Å². The van der Waals surface area contributed by atoms with Crippen LogP contribution in [-0.4, -0.2) is 6.04 Å². The maximum atomic E-state index is 5.71. The Balaban J connectivity index is 2.72. The molecule has 0 spiro atoms. The summed E-state index contributed by atoms with van der Waals surface area (Å²) >= 11 is 5.71. The Labute approximate surface area is 78.7 Å². The fourth-order valence-electron chi connectivity index (χ4n) is 1.08. The average molecular weight is 184 g/mol. The van der Waals surface area contributed by atoms with Gasteiger partial charge in [0.15, 0.2) is 0 Å². The summed E-state index contributed by atoms with van der Waals surface area (Å²) in [5, 5.41) is 3.32. The Morgan fingerprint density at radius 1 is 1.42 bits per heavy atom. The molecule has 0 aliphatic carbocycles. The molecule has 0 aliphatic rings. The molecule has 0 atom stereocenters. The number of nitrogens with one attached hydrogen (secondary N) is 1. The zero-order valence-corrected chi connectivity index (χ0v) is 8.23. The van der Waals surface area contributed by atoms with E-state index in [1.807, 2.05) is 12.1 Å². The summed E-state index contributed by atoms with van der Waals surface area (Å²) in [4.78, 5) is 0. The van der Waals surface area contributed by atoms with Gasteiger partial charge in [-0.3, -0.25) is 0 Å². The molecule has 2 heteroatoms. The van der Waals surface area contributed by atoms with Crippen LogP contribution < -0.4 is 5.32 Å². The molecule has 0 saturated carbocycles. The van der Waals surface area contributed by atoms with E-state index in [9.17, 15) is 0 Å². The third-order valence-electron chi connectivity index (χ3n) is 1.54. The summed E-state index contributed by atoms with van der Waals surface area (Å²) in [5.74, 6) is 0.577. The second-order valence-electron chi connectivity index (χ2n) is 3.13. The molecule has 66 valence electrons. The van der Waals surface area contributed by atoms with Gasteiger partial charge in [-0.05, 0) is 31.5 Å². The molecule has 1 aromatic carbocycles. The first-order chi connectivity index (χ1) is 5.72. The van der Waals surface area contributed by atoms with Crippen LogP contribution in [0.1, 0.15) is 19.4 Å². The Hall–Kier alpha value is -0.690. The van der Waals surface area contributed by atoms with Crippen LogP contribution in [0.4, 0.5) is 5.69 Å². The number of halogens is 1. The highest BCUT2D eigenvalue weighted by atomic mass is 35.5. The summed E-state index contributed by atoms with van der Waals surface area (Å²) < 4.78 is 0. The fourth-order valence-corrected chi connectivity index (χ4v) is 1.24. The van der Waals surface area contributed by atoms with E-state index in [1.54, 1.807) is 0 Å². The van der Waals surface area contributed by atoms with Gasteiger partial charge in [0.1, 0.15) is 0 Å². The second kappa shape index (κ2) is 4.36. The molecule has 1 nitrogen and oxygen atoms in total. The lowest BCUT2D eigenvalue weighted by molar-refractivity contribution is 0.899. The minimum Gasteiger partial charge on any atom is -0.383 e. The average Bonchev–Trinajstić information content (AvgIpc) is 2.03. The molecule has 0 bridgehead atoms. The summed E-state index contributed by atoms with van der Waals surface area (Å²) in [6, 6.07) is 8.64. The van der Waals surface area contributed by atoms with E-state index in [0.717, 1.165) is 11.3 Å². The van der Waals surface area contributed by atoms with Crippen molar-refractivity contribution in [3.05, 3.63) is 29.8 Å². The van der Waals surface area contributed by atoms with Crippen molar-refractivity contribution >= 4 is 17.3 Å². The van der Waals surface area contributed by atoms with E-state index < -0.39 is 0 Å². The third kappa shape index (κ3) is 2.74. The maximum absolute atomic E-state index is 5.71. The van der Waals surface area contributed by atoms with E-state index in [-0.39, 0.29) is 0 Å². The molecule has 0 aromatic heterocycles. The monoisotopic (exact) mass is 183 g/mol. The van der Waals surface area contributed by atoms with Crippen molar-refractivity contribution in [2.75, 3.05) is 5.32 Å². The number of benzene rings is 1. The molecular formula is C10H14ClN. The number of hydrogen-bond donors (Lipinski definition) is 1. The van der Waals surface area contributed by atoms with Gasteiger partial charge in [0.25, 0.3) is 0 Å². The van der Waals surface area contributed by atoms with Crippen molar-refractivity contribution in [3.8, 4) is 0 Å². The molecule has 1 aromatic rings. The number of anilines is 1. The van der Waals surface area contributed by atoms with Crippen LogP contribution in [0.25, 0.3) is 0 Å². The van der Waals surface area contributed by atoms with E-state index >= 15 is 0 Å².